The summed E-state index contributed by atoms with van der Waals surface area (Å²) in [6.45, 7) is 8.37. The molecule has 7 heteroatoms. The fraction of sp³-hybridized carbons (Fsp3) is 0.571. The maximum atomic E-state index is 6.02. The number of anilines is 2. The van der Waals surface area contributed by atoms with Crippen molar-refractivity contribution in [2.45, 2.75) is 20.8 Å². The standard InChI is InChI=1S/C14H23N5S2/c1-9-17-10(6-20-9)11-12(15)18-21-13(11)16-7-14(2,3)8-19(4)5/h6,16H,7-8H2,1-5H3,(H2,15,18). The molecule has 0 aliphatic heterocycles. The van der Waals surface area contributed by atoms with Crippen molar-refractivity contribution in [3.63, 3.8) is 0 Å². The van der Waals surface area contributed by atoms with E-state index in [1.165, 1.54) is 11.5 Å². The van der Waals surface area contributed by atoms with Crippen molar-refractivity contribution in [1.29, 1.82) is 0 Å². The Kier molecular flexibility index (Phi) is 4.85. The lowest BCUT2D eigenvalue weighted by atomic mass is 9.93. The van der Waals surface area contributed by atoms with E-state index in [0.717, 1.165) is 34.4 Å². The van der Waals surface area contributed by atoms with Crippen LogP contribution in [0.4, 0.5) is 10.8 Å². The minimum absolute atomic E-state index is 0.164. The zero-order chi connectivity index (χ0) is 15.6. The Morgan fingerprint density at radius 1 is 1.38 bits per heavy atom. The first kappa shape index (κ1) is 16.2. The molecule has 2 aromatic rings. The third-order valence-electron chi connectivity index (χ3n) is 3.07. The quantitative estimate of drug-likeness (QED) is 0.854. The topological polar surface area (TPSA) is 67.1 Å². The summed E-state index contributed by atoms with van der Waals surface area (Å²) >= 11 is 3.03. The summed E-state index contributed by atoms with van der Waals surface area (Å²) in [6, 6.07) is 0. The molecular formula is C14H23N5S2. The van der Waals surface area contributed by atoms with Gasteiger partial charge in [-0.3, -0.25) is 0 Å². The van der Waals surface area contributed by atoms with Gasteiger partial charge in [0.05, 0.1) is 16.3 Å². The van der Waals surface area contributed by atoms with Crippen LogP contribution < -0.4 is 11.1 Å². The largest absolute Gasteiger partial charge is 0.382 e. The molecule has 2 rings (SSSR count). The van der Waals surface area contributed by atoms with Gasteiger partial charge in [0.2, 0.25) is 0 Å². The summed E-state index contributed by atoms with van der Waals surface area (Å²) in [4.78, 5) is 6.73. The zero-order valence-electron chi connectivity index (χ0n) is 13.2. The molecule has 0 atom stereocenters. The lowest BCUT2D eigenvalue weighted by Crippen LogP contribution is -2.34. The minimum atomic E-state index is 0.164. The lowest BCUT2D eigenvalue weighted by molar-refractivity contribution is 0.254. The van der Waals surface area contributed by atoms with Gasteiger partial charge in [-0.05, 0) is 38.0 Å². The fourth-order valence-electron chi connectivity index (χ4n) is 2.38. The molecule has 0 fully saturated rings. The first-order valence-corrected chi connectivity index (χ1v) is 8.50. The van der Waals surface area contributed by atoms with Crippen LogP contribution in [-0.2, 0) is 0 Å². The SMILES string of the molecule is Cc1nc(-c2c(N)nsc2NCC(C)(C)CN(C)C)cs1. The Morgan fingerprint density at radius 2 is 2.10 bits per heavy atom. The van der Waals surface area contributed by atoms with Crippen LogP contribution in [0.2, 0.25) is 0 Å². The molecule has 2 aromatic heterocycles. The summed E-state index contributed by atoms with van der Waals surface area (Å²) < 4.78 is 4.27. The number of nitrogens with one attached hydrogen (secondary N) is 1. The van der Waals surface area contributed by atoms with Gasteiger partial charge in [-0.15, -0.1) is 11.3 Å². The van der Waals surface area contributed by atoms with E-state index in [1.54, 1.807) is 11.3 Å². The predicted molar refractivity (Wildman–Crippen MR) is 93.2 cm³/mol. The number of thiazole rings is 1. The van der Waals surface area contributed by atoms with Crippen LogP contribution in [0.1, 0.15) is 18.9 Å². The second-order valence-electron chi connectivity index (χ2n) is 6.28. The highest BCUT2D eigenvalue weighted by molar-refractivity contribution is 7.11. The van der Waals surface area contributed by atoms with Gasteiger partial charge in [-0.25, -0.2) is 4.98 Å². The van der Waals surface area contributed by atoms with Gasteiger partial charge in [0.15, 0.2) is 0 Å². The molecule has 0 unspecified atom stereocenters. The van der Waals surface area contributed by atoms with Gasteiger partial charge >= 0.3 is 0 Å². The van der Waals surface area contributed by atoms with E-state index >= 15 is 0 Å². The highest BCUT2D eigenvalue weighted by Crippen LogP contribution is 2.37. The average molecular weight is 326 g/mol. The van der Waals surface area contributed by atoms with E-state index in [9.17, 15) is 0 Å². The highest BCUT2D eigenvalue weighted by Gasteiger charge is 2.21. The molecule has 0 saturated carbocycles. The number of rotatable bonds is 6. The van der Waals surface area contributed by atoms with Crippen molar-refractivity contribution in [3.05, 3.63) is 10.4 Å². The molecule has 0 amide bonds. The number of hydrogen-bond acceptors (Lipinski definition) is 7. The Labute approximate surface area is 134 Å². The molecule has 21 heavy (non-hydrogen) atoms. The van der Waals surface area contributed by atoms with Gasteiger partial charge in [-0.1, -0.05) is 13.8 Å². The maximum absolute atomic E-state index is 6.02. The van der Waals surface area contributed by atoms with Crippen molar-refractivity contribution in [1.82, 2.24) is 14.3 Å². The van der Waals surface area contributed by atoms with Gasteiger partial charge in [0.25, 0.3) is 0 Å². The summed E-state index contributed by atoms with van der Waals surface area (Å²) in [7, 11) is 4.19. The Hall–Kier alpha value is -1.18. The molecule has 0 aromatic carbocycles. The molecule has 0 aliphatic carbocycles. The number of nitrogen functional groups attached to an aromatic ring is 1. The van der Waals surface area contributed by atoms with Crippen molar-refractivity contribution in [2.24, 2.45) is 5.41 Å². The molecule has 0 bridgehead atoms. The van der Waals surface area contributed by atoms with E-state index < -0.39 is 0 Å². The number of hydrogen-bond donors (Lipinski definition) is 2. The van der Waals surface area contributed by atoms with Gasteiger partial charge in [0.1, 0.15) is 10.8 Å². The molecule has 116 valence electrons. The van der Waals surface area contributed by atoms with Crippen LogP contribution >= 0.6 is 22.9 Å². The first-order chi connectivity index (χ1) is 9.78. The molecule has 0 saturated heterocycles. The van der Waals surface area contributed by atoms with E-state index in [2.05, 4.69) is 47.5 Å². The Morgan fingerprint density at radius 3 is 2.67 bits per heavy atom. The van der Waals surface area contributed by atoms with Gasteiger partial charge in [-0.2, -0.15) is 4.37 Å². The van der Waals surface area contributed by atoms with E-state index in [0.29, 0.717) is 5.82 Å². The molecule has 5 nitrogen and oxygen atoms in total. The van der Waals surface area contributed by atoms with E-state index in [1.807, 2.05) is 12.3 Å². The Bertz CT molecular complexity index is 600. The average Bonchev–Trinajstić information content (AvgIpc) is 2.91. The first-order valence-electron chi connectivity index (χ1n) is 6.85. The number of aryl methyl sites for hydroxylation is 1. The van der Waals surface area contributed by atoms with E-state index in [4.69, 9.17) is 5.73 Å². The summed E-state index contributed by atoms with van der Waals surface area (Å²) in [6.07, 6.45) is 0. The maximum Gasteiger partial charge on any atom is 0.148 e. The van der Waals surface area contributed by atoms with Gasteiger partial charge in [0, 0.05) is 18.5 Å². The van der Waals surface area contributed by atoms with Crippen LogP contribution in [0, 0.1) is 12.3 Å². The van der Waals surface area contributed by atoms with Gasteiger partial charge < -0.3 is 16.0 Å². The smallest absolute Gasteiger partial charge is 0.148 e. The van der Waals surface area contributed by atoms with Crippen LogP contribution in [0.5, 0.6) is 0 Å². The molecule has 2 heterocycles. The summed E-state index contributed by atoms with van der Waals surface area (Å²) in [5.41, 5.74) is 8.03. The van der Waals surface area contributed by atoms with Crippen LogP contribution in [-0.4, -0.2) is 41.4 Å². The molecular weight excluding hydrogens is 302 g/mol. The summed E-state index contributed by atoms with van der Waals surface area (Å²) in [5.74, 6) is 0.554. The second-order valence-corrected chi connectivity index (χ2v) is 8.11. The molecule has 3 N–H and O–H groups in total. The predicted octanol–water partition coefficient (Wildman–Crippen LogP) is 3.16. The van der Waals surface area contributed by atoms with Crippen molar-refractivity contribution < 1.29 is 0 Å². The van der Waals surface area contributed by atoms with Crippen molar-refractivity contribution in [2.75, 3.05) is 38.2 Å². The van der Waals surface area contributed by atoms with Crippen LogP contribution in [0.25, 0.3) is 11.3 Å². The van der Waals surface area contributed by atoms with Crippen LogP contribution in [0.3, 0.4) is 0 Å². The normalized spacial score (nSPS) is 12.1. The molecule has 0 spiro atoms. The monoisotopic (exact) mass is 325 g/mol. The number of aromatic nitrogens is 2. The van der Waals surface area contributed by atoms with E-state index in [-0.39, 0.29) is 5.41 Å². The second kappa shape index (κ2) is 6.29. The summed E-state index contributed by atoms with van der Waals surface area (Å²) in [5, 5.41) is 7.58. The number of nitrogens with zero attached hydrogens (tertiary/aromatic N) is 3. The fourth-order valence-corrected chi connectivity index (χ4v) is 3.70. The zero-order valence-corrected chi connectivity index (χ0v) is 14.9. The third-order valence-corrected chi connectivity index (χ3v) is 4.66. The highest BCUT2D eigenvalue weighted by atomic mass is 32.1. The Balaban J connectivity index is 2.15. The minimum Gasteiger partial charge on any atom is -0.382 e. The van der Waals surface area contributed by atoms with Crippen molar-refractivity contribution >= 4 is 33.7 Å². The number of nitrogens with two attached hydrogens (primary N) is 1. The molecule has 0 aliphatic rings. The lowest BCUT2D eigenvalue weighted by Gasteiger charge is -2.28. The molecule has 0 radical (unpaired) electrons. The van der Waals surface area contributed by atoms with Crippen LogP contribution in [0.15, 0.2) is 5.38 Å². The third kappa shape index (κ3) is 4.15. The van der Waals surface area contributed by atoms with Crippen molar-refractivity contribution in [3.8, 4) is 11.3 Å².